The predicted octanol–water partition coefficient (Wildman–Crippen LogP) is 0.893. The first-order valence-corrected chi connectivity index (χ1v) is 4.38. The SMILES string of the molecule is CC1CSC(C)(O)C1C=O. The number of hydrogen-bond donors (Lipinski definition) is 1. The summed E-state index contributed by atoms with van der Waals surface area (Å²) in [6.45, 7) is 3.70. The van der Waals surface area contributed by atoms with Gasteiger partial charge in [0.2, 0.25) is 0 Å². The molecule has 0 aliphatic carbocycles. The van der Waals surface area contributed by atoms with E-state index in [9.17, 15) is 9.90 Å². The minimum absolute atomic E-state index is 0.183. The second-order valence-electron chi connectivity index (χ2n) is 3.00. The summed E-state index contributed by atoms with van der Waals surface area (Å²) in [5, 5.41) is 9.56. The van der Waals surface area contributed by atoms with Crippen LogP contribution in [0.4, 0.5) is 0 Å². The third-order valence-corrected chi connectivity index (χ3v) is 3.57. The average molecular weight is 160 g/mol. The second kappa shape index (κ2) is 2.55. The quantitative estimate of drug-likeness (QED) is 0.579. The molecule has 0 aromatic heterocycles. The Bertz CT molecular complexity index is 145. The van der Waals surface area contributed by atoms with Crippen LogP contribution < -0.4 is 0 Å². The van der Waals surface area contributed by atoms with Crippen molar-refractivity contribution in [3.8, 4) is 0 Å². The summed E-state index contributed by atoms with van der Waals surface area (Å²) < 4.78 is 0. The van der Waals surface area contributed by atoms with Crippen molar-refractivity contribution in [2.24, 2.45) is 11.8 Å². The molecule has 2 nitrogen and oxygen atoms in total. The minimum atomic E-state index is -0.818. The summed E-state index contributed by atoms with van der Waals surface area (Å²) in [7, 11) is 0. The van der Waals surface area contributed by atoms with Gasteiger partial charge >= 0.3 is 0 Å². The minimum Gasteiger partial charge on any atom is -0.379 e. The zero-order valence-electron chi connectivity index (χ0n) is 6.20. The van der Waals surface area contributed by atoms with Gasteiger partial charge in [-0.1, -0.05) is 6.92 Å². The molecule has 1 heterocycles. The number of thioether (sulfide) groups is 1. The van der Waals surface area contributed by atoms with Crippen LogP contribution in [0.3, 0.4) is 0 Å². The molecule has 0 bridgehead atoms. The molecule has 10 heavy (non-hydrogen) atoms. The topological polar surface area (TPSA) is 37.3 Å². The Hall–Kier alpha value is -0.0200. The number of rotatable bonds is 1. The molecule has 1 aliphatic rings. The lowest BCUT2D eigenvalue weighted by atomic mass is 9.93. The molecule has 0 saturated carbocycles. The highest BCUT2D eigenvalue weighted by Crippen LogP contribution is 2.42. The van der Waals surface area contributed by atoms with Crippen molar-refractivity contribution in [3.63, 3.8) is 0 Å². The lowest BCUT2D eigenvalue weighted by Crippen LogP contribution is -2.29. The van der Waals surface area contributed by atoms with Gasteiger partial charge in [-0.2, -0.15) is 0 Å². The second-order valence-corrected chi connectivity index (χ2v) is 4.45. The van der Waals surface area contributed by atoms with Crippen LogP contribution >= 0.6 is 11.8 Å². The van der Waals surface area contributed by atoms with Gasteiger partial charge in [-0.15, -0.1) is 11.8 Å². The molecule has 1 fully saturated rings. The zero-order chi connectivity index (χ0) is 7.78. The van der Waals surface area contributed by atoms with Crippen molar-refractivity contribution < 1.29 is 9.90 Å². The lowest BCUT2D eigenvalue weighted by Gasteiger charge is -2.20. The van der Waals surface area contributed by atoms with Crippen LogP contribution in [0.5, 0.6) is 0 Å². The maximum Gasteiger partial charge on any atom is 0.127 e. The Kier molecular flexibility index (Phi) is 2.06. The first kappa shape index (κ1) is 8.08. The molecular weight excluding hydrogens is 148 g/mol. The van der Waals surface area contributed by atoms with Crippen molar-refractivity contribution in [2.45, 2.75) is 18.8 Å². The molecule has 0 radical (unpaired) electrons. The average Bonchev–Trinajstić information content (AvgIpc) is 2.07. The first-order chi connectivity index (χ1) is 4.58. The molecule has 3 unspecified atom stereocenters. The third kappa shape index (κ3) is 1.20. The lowest BCUT2D eigenvalue weighted by molar-refractivity contribution is -0.115. The molecule has 0 spiro atoms. The Labute approximate surface area is 65.0 Å². The first-order valence-electron chi connectivity index (χ1n) is 3.39. The number of carbonyl (C=O) groups is 1. The molecule has 58 valence electrons. The summed E-state index contributed by atoms with van der Waals surface area (Å²) in [4.78, 5) is 9.64. The molecule has 3 atom stereocenters. The fourth-order valence-corrected chi connectivity index (χ4v) is 2.58. The molecule has 0 aromatic rings. The Balaban J connectivity index is 2.72. The molecular formula is C7H12O2S. The number of aldehydes is 1. The van der Waals surface area contributed by atoms with E-state index >= 15 is 0 Å². The van der Waals surface area contributed by atoms with E-state index in [0.717, 1.165) is 12.0 Å². The van der Waals surface area contributed by atoms with Gasteiger partial charge in [0.05, 0.1) is 5.92 Å². The number of aliphatic hydroxyl groups is 1. The predicted molar refractivity (Wildman–Crippen MR) is 41.8 cm³/mol. The number of hydrogen-bond acceptors (Lipinski definition) is 3. The van der Waals surface area contributed by atoms with E-state index in [-0.39, 0.29) is 5.92 Å². The van der Waals surface area contributed by atoms with Crippen LogP contribution in [0.2, 0.25) is 0 Å². The Morgan fingerprint density at radius 3 is 2.60 bits per heavy atom. The van der Waals surface area contributed by atoms with E-state index in [0.29, 0.717) is 5.92 Å². The number of carbonyl (C=O) groups excluding carboxylic acids is 1. The molecule has 1 rings (SSSR count). The standard InChI is InChI=1S/C7H12O2S/c1-5-4-10-7(2,9)6(5)3-8/h3,5-6,9H,4H2,1-2H3. The van der Waals surface area contributed by atoms with Crippen LogP contribution in [0.1, 0.15) is 13.8 Å². The van der Waals surface area contributed by atoms with E-state index in [1.807, 2.05) is 6.92 Å². The van der Waals surface area contributed by atoms with Crippen LogP contribution in [0, 0.1) is 11.8 Å². The van der Waals surface area contributed by atoms with Crippen molar-refractivity contribution in [2.75, 3.05) is 5.75 Å². The summed E-state index contributed by atoms with van der Waals surface area (Å²) in [5.41, 5.74) is 0. The van der Waals surface area contributed by atoms with Crippen LogP contribution in [0.15, 0.2) is 0 Å². The molecule has 1 N–H and O–H groups in total. The highest BCUT2D eigenvalue weighted by Gasteiger charge is 2.42. The van der Waals surface area contributed by atoms with Gasteiger partial charge in [-0.3, -0.25) is 0 Å². The highest BCUT2D eigenvalue weighted by atomic mass is 32.2. The smallest absolute Gasteiger partial charge is 0.127 e. The zero-order valence-corrected chi connectivity index (χ0v) is 7.02. The normalized spacial score (nSPS) is 47.5. The van der Waals surface area contributed by atoms with Gasteiger partial charge in [0.1, 0.15) is 11.2 Å². The van der Waals surface area contributed by atoms with Gasteiger partial charge < -0.3 is 9.90 Å². The van der Waals surface area contributed by atoms with E-state index in [2.05, 4.69) is 0 Å². The maximum atomic E-state index is 10.5. The molecule has 0 amide bonds. The summed E-state index contributed by atoms with van der Waals surface area (Å²) in [6, 6.07) is 0. The fourth-order valence-electron chi connectivity index (χ4n) is 1.29. The van der Waals surface area contributed by atoms with Gasteiger partial charge in [0.25, 0.3) is 0 Å². The largest absolute Gasteiger partial charge is 0.379 e. The van der Waals surface area contributed by atoms with Crippen molar-refractivity contribution in [3.05, 3.63) is 0 Å². The third-order valence-electron chi connectivity index (χ3n) is 2.02. The Morgan fingerprint density at radius 2 is 2.40 bits per heavy atom. The van der Waals surface area contributed by atoms with Crippen molar-refractivity contribution in [1.82, 2.24) is 0 Å². The van der Waals surface area contributed by atoms with Crippen LogP contribution in [0.25, 0.3) is 0 Å². The van der Waals surface area contributed by atoms with Crippen LogP contribution in [-0.4, -0.2) is 22.1 Å². The Morgan fingerprint density at radius 1 is 1.80 bits per heavy atom. The van der Waals surface area contributed by atoms with Gasteiger partial charge in [-0.25, -0.2) is 0 Å². The van der Waals surface area contributed by atoms with Gasteiger partial charge in [0, 0.05) is 0 Å². The molecule has 3 heteroatoms. The van der Waals surface area contributed by atoms with E-state index in [1.54, 1.807) is 6.92 Å². The van der Waals surface area contributed by atoms with Gasteiger partial charge in [0.15, 0.2) is 0 Å². The van der Waals surface area contributed by atoms with Crippen molar-refractivity contribution in [1.29, 1.82) is 0 Å². The molecule has 1 saturated heterocycles. The van der Waals surface area contributed by atoms with Crippen molar-refractivity contribution >= 4 is 18.0 Å². The molecule has 0 aromatic carbocycles. The van der Waals surface area contributed by atoms with E-state index in [1.165, 1.54) is 11.8 Å². The molecule has 1 aliphatic heterocycles. The summed E-state index contributed by atoms with van der Waals surface area (Å²) >= 11 is 1.46. The van der Waals surface area contributed by atoms with Gasteiger partial charge in [-0.05, 0) is 18.6 Å². The monoisotopic (exact) mass is 160 g/mol. The summed E-state index contributed by atoms with van der Waals surface area (Å²) in [5.74, 6) is 1.02. The van der Waals surface area contributed by atoms with E-state index < -0.39 is 4.93 Å². The van der Waals surface area contributed by atoms with E-state index in [4.69, 9.17) is 0 Å². The summed E-state index contributed by atoms with van der Waals surface area (Å²) in [6.07, 6.45) is 0.866. The fraction of sp³-hybridized carbons (Fsp3) is 0.857. The highest BCUT2D eigenvalue weighted by molar-refractivity contribution is 8.00. The maximum absolute atomic E-state index is 10.5. The van der Waals surface area contributed by atoms with Crippen LogP contribution in [-0.2, 0) is 4.79 Å².